The second-order valence-corrected chi connectivity index (χ2v) is 14.5. The van der Waals surface area contributed by atoms with E-state index < -0.39 is 95.2 Å². The van der Waals surface area contributed by atoms with Crippen LogP contribution in [-0.4, -0.2) is 93.4 Å². The molecular formula is C41H51NO13. The van der Waals surface area contributed by atoms with Gasteiger partial charge < -0.3 is 45.1 Å². The van der Waals surface area contributed by atoms with Gasteiger partial charge in [-0.1, -0.05) is 37.6 Å². The lowest BCUT2D eigenvalue weighted by Gasteiger charge is -2.44. The Bertz CT molecular complexity index is 1840. The Balaban J connectivity index is 0.000000895. The van der Waals surface area contributed by atoms with E-state index in [9.17, 15) is 44.4 Å². The number of phenols is 2. The van der Waals surface area contributed by atoms with Crippen molar-refractivity contribution in [1.82, 2.24) is 0 Å². The van der Waals surface area contributed by atoms with Gasteiger partial charge in [0.1, 0.15) is 29.1 Å². The molecule has 14 heteroatoms. The Labute approximate surface area is 319 Å². The van der Waals surface area contributed by atoms with E-state index in [0.29, 0.717) is 0 Å². The molecule has 298 valence electrons. The fraction of sp³-hybridized carbons (Fsp3) is 0.537. The van der Waals surface area contributed by atoms with Crippen molar-refractivity contribution >= 4 is 29.1 Å². The third-order valence-corrected chi connectivity index (χ3v) is 10.6. The molecule has 0 spiro atoms. The number of nitrogens with two attached hydrogens (primary N) is 1. The summed E-state index contributed by atoms with van der Waals surface area (Å²) in [7, 11) is 1.30. The van der Waals surface area contributed by atoms with Gasteiger partial charge in [-0.25, -0.2) is 0 Å². The number of aromatic hydroxyl groups is 2. The molecule has 55 heavy (non-hydrogen) atoms. The Kier molecular flexibility index (Phi) is 13.3. The summed E-state index contributed by atoms with van der Waals surface area (Å²) in [6, 6.07) is 3.53. The lowest BCUT2D eigenvalue weighted by atomic mass is 9.71. The number of phenolic OH excluding ortho intramolecular Hbond substituents is 2. The largest absolute Gasteiger partial charge is 0.507 e. The number of allylic oxidation sites excluding steroid dienone is 2. The average Bonchev–Trinajstić information content (AvgIpc) is 4.02. The SMILES string of the molecule is C/C=C\CCC.COc1cccc2c1C(=O)c1c(O)c3c(c(O)c1C2=O)CC[C@](O)(C(=O)COC(=O)CCCC(=O)C1CC1)[C@H]3OC1CC(N)C(O)C(C)O1. The quantitative estimate of drug-likeness (QED) is 0.0939. The fourth-order valence-corrected chi connectivity index (χ4v) is 7.32. The molecule has 1 saturated carbocycles. The van der Waals surface area contributed by atoms with Crippen molar-refractivity contribution in [2.24, 2.45) is 11.7 Å². The van der Waals surface area contributed by atoms with Crippen LogP contribution in [-0.2, 0) is 35.0 Å². The van der Waals surface area contributed by atoms with Crippen LogP contribution in [0.2, 0.25) is 0 Å². The van der Waals surface area contributed by atoms with Crippen molar-refractivity contribution < 1.29 is 63.3 Å². The van der Waals surface area contributed by atoms with Crippen LogP contribution in [0.3, 0.4) is 0 Å². The van der Waals surface area contributed by atoms with Gasteiger partial charge in [-0.3, -0.25) is 24.0 Å². The molecule has 2 aromatic rings. The minimum Gasteiger partial charge on any atom is -0.507 e. The summed E-state index contributed by atoms with van der Waals surface area (Å²) in [4.78, 5) is 65.8. The van der Waals surface area contributed by atoms with Gasteiger partial charge in [0.15, 0.2) is 24.3 Å². The molecule has 6 atom stereocenters. The van der Waals surface area contributed by atoms with Gasteiger partial charge in [0, 0.05) is 47.9 Å². The summed E-state index contributed by atoms with van der Waals surface area (Å²) in [5, 5.41) is 45.7. The number of ketones is 4. The second kappa shape index (κ2) is 17.5. The van der Waals surface area contributed by atoms with Gasteiger partial charge in [-0.2, -0.15) is 0 Å². The van der Waals surface area contributed by atoms with E-state index in [1.165, 1.54) is 38.2 Å². The summed E-state index contributed by atoms with van der Waals surface area (Å²) < 4.78 is 22.4. The molecule has 6 rings (SSSR count). The zero-order valence-electron chi connectivity index (χ0n) is 31.7. The minimum atomic E-state index is -2.50. The number of fused-ring (bicyclic) bond motifs is 3. The highest BCUT2D eigenvalue weighted by molar-refractivity contribution is 6.31. The molecular weight excluding hydrogens is 714 g/mol. The molecule has 1 aliphatic heterocycles. The van der Waals surface area contributed by atoms with E-state index in [1.54, 1.807) is 6.92 Å². The zero-order chi connectivity index (χ0) is 40.2. The van der Waals surface area contributed by atoms with E-state index >= 15 is 0 Å². The van der Waals surface area contributed by atoms with Gasteiger partial charge >= 0.3 is 5.97 Å². The molecule has 2 fully saturated rings. The summed E-state index contributed by atoms with van der Waals surface area (Å²) in [6.45, 7) is 4.88. The molecule has 2 aromatic carbocycles. The lowest BCUT2D eigenvalue weighted by Crippen LogP contribution is -2.55. The number of ether oxygens (including phenoxy) is 4. The highest BCUT2D eigenvalue weighted by atomic mass is 16.7. The van der Waals surface area contributed by atoms with Crippen molar-refractivity contribution in [3.05, 3.63) is 63.7 Å². The smallest absolute Gasteiger partial charge is 0.306 e. The standard InChI is InChI=1S/C35H39NO13.C6H12/c1-15-29(40)19(36)13-24(48-15)49-34-26-18(11-12-35(34,45)22(38)14-47-23(39)8-4-6-20(37)16-9-10-16)31(42)27-28(33(26)44)32(43)25-17(30(27)41)5-3-7-21(25)46-2;1-3-5-6-4-2/h3,5,7,15-16,19,24,29,34,40,42,44-45H,4,6,8-14,36H2,1-2H3;3,5H,4,6H2,1-2H3/b;5-3-/t15?,19?,24?,29?,34-,35-;/m0./s1. The van der Waals surface area contributed by atoms with Gasteiger partial charge in [-0.15, -0.1) is 0 Å². The third-order valence-electron chi connectivity index (χ3n) is 10.6. The molecule has 1 heterocycles. The van der Waals surface area contributed by atoms with E-state index in [-0.39, 0.29) is 71.8 Å². The number of Topliss-reactive ketones (excluding diaryl/α,β-unsaturated/α-hetero) is 2. The van der Waals surface area contributed by atoms with Crippen molar-refractivity contribution in [2.75, 3.05) is 13.7 Å². The van der Waals surface area contributed by atoms with Crippen LogP contribution in [0.15, 0.2) is 30.4 Å². The van der Waals surface area contributed by atoms with Gasteiger partial charge in [-0.05, 0) is 58.4 Å². The van der Waals surface area contributed by atoms with E-state index in [1.807, 2.05) is 0 Å². The number of methoxy groups -OCH3 is 1. The average molecular weight is 766 g/mol. The first-order chi connectivity index (χ1) is 26.2. The molecule has 1 saturated heterocycles. The van der Waals surface area contributed by atoms with Crippen molar-refractivity contribution in [3.63, 3.8) is 0 Å². The number of hydrogen-bond donors (Lipinski definition) is 5. The first kappa shape index (κ1) is 41.7. The number of aliphatic hydroxyl groups excluding tert-OH is 1. The van der Waals surface area contributed by atoms with Crippen LogP contribution >= 0.6 is 0 Å². The molecule has 14 nitrogen and oxygen atoms in total. The van der Waals surface area contributed by atoms with Gasteiger partial charge in [0.05, 0.1) is 36.0 Å². The topological polar surface area (TPSA) is 229 Å². The van der Waals surface area contributed by atoms with Crippen LogP contribution < -0.4 is 10.5 Å². The highest BCUT2D eigenvalue weighted by Gasteiger charge is 2.54. The zero-order valence-corrected chi connectivity index (χ0v) is 31.7. The maximum atomic E-state index is 13.9. The number of aliphatic hydroxyl groups is 2. The molecule has 0 amide bonds. The monoisotopic (exact) mass is 765 g/mol. The minimum absolute atomic E-state index is 0.0438. The maximum Gasteiger partial charge on any atom is 0.306 e. The maximum absolute atomic E-state index is 13.9. The van der Waals surface area contributed by atoms with E-state index in [4.69, 9.17) is 24.7 Å². The summed E-state index contributed by atoms with van der Waals surface area (Å²) in [5.74, 6) is -4.61. The molecule has 0 aromatic heterocycles. The molecule has 0 bridgehead atoms. The fourth-order valence-electron chi connectivity index (χ4n) is 7.32. The highest BCUT2D eigenvalue weighted by Crippen LogP contribution is 2.53. The lowest BCUT2D eigenvalue weighted by molar-refractivity contribution is -0.265. The number of hydrogen-bond acceptors (Lipinski definition) is 14. The number of benzene rings is 2. The summed E-state index contributed by atoms with van der Waals surface area (Å²) in [6.07, 6.45) is 3.08. The molecule has 4 unspecified atom stereocenters. The van der Waals surface area contributed by atoms with Crippen LogP contribution in [0.1, 0.15) is 128 Å². The van der Waals surface area contributed by atoms with E-state index in [0.717, 1.165) is 12.8 Å². The molecule has 6 N–H and O–H groups in total. The molecule has 0 radical (unpaired) electrons. The first-order valence-electron chi connectivity index (χ1n) is 18.9. The number of carbonyl (C=O) groups excluding carboxylic acids is 5. The van der Waals surface area contributed by atoms with E-state index in [2.05, 4.69) is 26.0 Å². The third kappa shape index (κ3) is 8.53. The Morgan fingerprint density at radius 2 is 1.76 bits per heavy atom. The first-order valence-corrected chi connectivity index (χ1v) is 18.9. The number of unbranched alkanes of at least 4 members (excludes halogenated alkanes) is 1. The second-order valence-electron chi connectivity index (χ2n) is 14.5. The Morgan fingerprint density at radius 3 is 2.38 bits per heavy atom. The number of esters is 1. The van der Waals surface area contributed by atoms with Crippen LogP contribution in [0.25, 0.3) is 0 Å². The molecule has 4 aliphatic rings. The van der Waals surface area contributed by atoms with Crippen molar-refractivity contribution in [1.29, 1.82) is 0 Å². The molecule has 3 aliphatic carbocycles. The van der Waals surface area contributed by atoms with Gasteiger partial charge in [0.2, 0.25) is 11.6 Å². The number of carbonyl (C=O) groups is 5. The number of rotatable bonds is 13. The predicted molar refractivity (Wildman–Crippen MR) is 197 cm³/mol. The predicted octanol–water partition coefficient (Wildman–Crippen LogP) is 4.06. The summed E-state index contributed by atoms with van der Waals surface area (Å²) >= 11 is 0. The Hall–Kier alpha value is -4.47. The van der Waals surface area contributed by atoms with Crippen molar-refractivity contribution in [3.8, 4) is 17.2 Å². The summed E-state index contributed by atoms with van der Waals surface area (Å²) in [5.41, 5.74) is 2.01. The Morgan fingerprint density at radius 1 is 1.05 bits per heavy atom. The van der Waals surface area contributed by atoms with Crippen LogP contribution in [0, 0.1) is 5.92 Å². The van der Waals surface area contributed by atoms with Crippen LogP contribution in [0.5, 0.6) is 17.2 Å². The van der Waals surface area contributed by atoms with Crippen LogP contribution in [0.4, 0.5) is 0 Å². The van der Waals surface area contributed by atoms with Crippen molar-refractivity contribution in [2.45, 2.75) is 121 Å². The normalized spacial score (nSPS) is 25.6. The van der Waals surface area contributed by atoms with Gasteiger partial charge in [0.25, 0.3) is 0 Å².